The van der Waals surface area contributed by atoms with Crippen LogP contribution >= 0.6 is 0 Å². The number of anilines is 1. The first-order valence-electron chi connectivity index (χ1n) is 5.90. The molecule has 0 aliphatic carbocycles. The second kappa shape index (κ2) is 4.62. The predicted molar refractivity (Wildman–Crippen MR) is 71.4 cm³/mol. The van der Waals surface area contributed by atoms with Crippen LogP contribution in [-0.2, 0) is 6.42 Å². The third-order valence-electron chi connectivity index (χ3n) is 2.94. The molecular weight excluding hydrogens is 212 g/mol. The summed E-state index contributed by atoms with van der Waals surface area (Å²) in [5.74, 6) is 0.787. The van der Waals surface area contributed by atoms with Gasteiger partial charge in [0.1, 0.15) is 11.3 Å². The Kier molecular flexibility index (Phi) is 3.18. The molecule has 2 aromatic rings. The van der Waals surface area contributed by atoms with Gasteiger partial charge in [0.05, 0.1) is 7.11 Å². The zero-order valence-electron chi connectivity index (χ0n) is 10.6. The highest BCUT2D eigenvalue weighted by Gasteiger charge is 2.10. The summed E-state index contributed by atoms with van der Waals surface area (Å²) in [5.41, 5.74) is 9.94. The molecule has 0 unspecified atom stereocenters. The van der Waals surface area contributed by atoms with E-state index in [9.17, 15) is 0 Å². The van der Waals surface area contributed by atoms with Crippen LogP contribution in [-0.4, -0.2) is 12.1 Å². The minimum atomic E-state index is 0.787. The number of fused-ring (bicyclic) bond motifs is 1. The van der Waals surface area contributed by atoms with Gasteiger partial charge in [0.25, 0.3) is 0 Å². The van der Waals surface area contributed by atoms with E-state index < -0.39 is 0 Å². The van der Waals surface area contributed by atoms with Crippen LogP contribution in [0.1, 0.15) is 24.6 Å². The van der Waals surface area contributed by atoms with Gasteiger partial charge in [-0.15, -0.1) is 0 Å². The molecule has 0 aliphatic heterocycles. The van der Waals surface area contributed by atoms with Crippen molar-refractivity contribution in [3.63, 3.8) is 0 Å². The van der Waals surface area contributed by atoms with Crippen molar-refractivity contribution in [3.8, 4) is 5.75 Å². The molecular formula is C14H18N2O. The van der Waals surface area contributed by atoms with Crippen molar-refractivity contribution >= 4 is 16.6 Å². The molecule has 17 heavy (non-hydrogen) atoms. The smallest absolute Gasteiger partial charge is 0.145 e. The zero-order valence-corrected chi connectivity index (χ0v) is 10.6. The highest BCUT2D eigenvalue weighted by molar-refractivity contribution is 5.96. The number of methoxy groups -OCH3 is 1. The van der Waals surface area contributed by atoms with Gasteiger partial charge in [0.15, 0.2) is 0 Å². The summed E-state index contributed by atoms with van der Waals surface area (Å²) in [6, 6.07) is 5.93. The molecule has 0 atom stereocenters. The monoisotopic (exact) mass is 230 g/mol. The molecule has 0 spiro atoms. The highest BCUT2D eigenvalue weighted by atomic mass is 16.5. The van der Waals surface area contributed by atoms with E-state index in [1.165, 1.54) is 0 Å². The van der Waals surface area contributed by atoms with Crippen molar-refractivity contribution in [1.82, 2.24) is 4.98 Å². The molecule has 2 rings (SSSR count). The highest BCUT2D eigenvalue weighted by Crippen LogP contribution is 2.31. The van der Waals surface area contributed by atoms with Crippen LogP contribution in [0, 0.1) is 6.92 Å². The van der Waals surface area contributed by atoms with Crippen molar-refractivity contribution in [2.75, 3.05) is 12.8 Å². The number of hydrogen-bond acceptors (Lipinski definition) is 3. The number of hydrogen-bond donors (Lipinski definition) is 1. The van der Waals surface area contributed by atoms with Gasteiger partial charge >= 0.3 is 0 Å². The molecule has 2 N–H and O–H groups in total. The van der Waals surface area contributed by atoms with Gasteiger partial charge in [0.2, 0.25) is 0 Å². The van der Waals surface area contributed by atoms with Gasteiger partial charge in [-0.3, -0.25) is 0 Å². The Bertz CT molecular complexity index is 549. The van der Waals surface area contributed by atoms with E-state index in [2.05, 4.69) is 11.9 Å². The van der Waals surface area contributed by atoms with Crippen LogP contribution < -0.4 is 10.5 Å². The number of ether oxygens (including phenoxy) is 1. The Labute approximate surface area is 102 Å². The summed E-state index contributed by atoms with van der Waals surface area (Å²) in [6.07, 6.45) is 2.00. The second-order valence-corrected chi connectivity index (χ2v) is 4.26. The van der Waals surface area contributed by atoms with E-state index in [0.29, 0.717) is 0 Å². The number of nitrogen functional groups attached to an aromatic ring is 1. The molecule has 0 fully saturated rings. The van der Waals surface area contributed by atoms with E-state index in [1.54, 1.807) is 7.11 Å². The third kappa shape index (κ3) is 2.05. The molecule has 0 saturated carbocycles. The fourth-order valence-electron chi connectivity index (χ4n) is 2.12. The van der Waals surface area contributed by atoms with Crippen molar-refractivity contribution in [2.45, 2.75) is 26.7 Å². The first-order chi connectivity index (χ1) is 8.17. The number of aromatic nitrogens is 1. The van der Waals surface area contributed by atoms with Gasteiger partial charge < -0.3 is 10.5 Å². The Balaban J connectivity index is 2.75. The van der Waals surface area contributed by atoms with Crippen LogP contribution in [0.3, 0.4) is 0 Å². The van der Waals surface area contributed by atoms with Gasteiger partial charge in [-0.2, -0.15) is 0 Å². The summed E-state index contributed by atoms with van der Waals surface area (Å²) < 4.78 is 5.35. The lowest BCUT2D eigenvalue weighted by Crippen LogP contribution is -1.99. The molecule has 1 aromatic carbocycles. The van der Waals surface area contributed by atoms with Crippen LogP contribution in [0.25, 0.3) is 10.9 Å². The third-order valence-corrected chi connectivity index (χ3v) is 2.94. The lowest BCUT2D eigenvalue weighted by Gasteiger charge is -2.11. The fourth-order valence-corrected chi connectivity index (χ4v) is 2.12. The molecule has 90 valence electrons. The number of benzene rings is 1. The maximum Gasteiger partial charge on any atom is 0.145 e. The lowest BCUT2D eigenvalue weighted by molar-refractivity contribution is 0.418. The number of nitrogens with zero attached hydrogens (tertiary/aromatic N) is 1. The first-order valence-corrected chi connectivity index (χ1v) is 5.90. The summed E-state index contributed by atoms with van der Waals surface area (Å²) in [7, 11) is 1.66. The van der Waals surface area contributed by atoms with Crippen molar-refractivity contribution < 1.29 is 4.74 Å². The summed E-state index contributed by atoms with van der Waals surface area (Å²) in [5, 5.41) is 1.00. The van der Waals surface area contributed by atoms with Crippen LogP contribution in [0.5, 0.6) is 5.75 Å². The molecule has 3 heteroatoms. The number of rotatable bonds is 3. The Morgan fingerprint density at radius 2 is 2.12 bits per heavy atom. The predicted octanol–water partition coefficient (Wildman–Crippen LogP) is 3.09. The quantitative estimate of drug-likeness (QED) is 0.881. The van der Waals surface area contributed by atoms with E-state index in [-0.39, 0.29) is 0 Å². The summed E-state index contributed by atoms with van der Waals surface area (Å²) in [6.45, 7) is 4.18. The molecule has 0 bridgehead atoms. The van der Waals surface area contributed by atoms with E-state index in [0.717, 1.165) is 46.4 Å². The topological polar surface area (TPSA) is 48.1 Å². The first kappa shape index (κ1) is 11.7. The zero-order chi connectivity index (χ0) is 12.4. The molecule has 3 nitrogen and oxygen atoms in total. The van der Waals surface area contributed by atoms with Crippen molar-refractivity contribution in [3.05, 3.63) is 29.5 Å². The number of nitrogens with two attached hydrogens (primary N) is 1. The van der Waals surface area contributed by atoms with Crippen LogP contribution in [0.2, 0.25) is 0 Å². The summed E-state index contributed by atoms with van der Waals surface area (Å²) in [4.78, 5) is 4.65. The molecule has 0 radical (unpaired) electrons. The second-order valence-electron chi connectivity index (χ2n) is 4.26. The number of pyridine rings is 1. The Hall–Kier alpha value is -1.77. The Morgan fingerprint density at radius 1 is 1.35 bits per heavy atom. The maximum absolute atomic E-state index is 6.12. The average molecular weight is 230 g/mol. The molecule has 0 aliphatic rings. The molecule has 0 saturated heterocycles. The van der Waals surface area contributed by atoms with E-state index >= 15 is 0 Å². The SMILES string of the molecule is CCCc1cc(N)c2c(C)ccc(OC)c2n1. The van der Waals surface area contributed by atoms with E-state index in [4.69, 9.17) is 10.5 Å². The molecule has 1 heterocycles. The average Bonchev–Trinajstić information content (AvgIpc) is 2.29. The van der Waals surface area contributed by atoms with Gasteiger partial charge in [-0.05, 0) is 31.0 Å². The normalized spacial score (nSPS) is 10.8. The lowest BCUT2D eigenvalue weighted by atomic mass is 10.1. The Morgan fingerprint density at radius 3 is 2.76 bits per heavy atom. The van der Waals surface area contributed by atoms with Crippen molar-refractivity contribution in [2.24, 2.45) is 0 Å². The largest absolute Gasteiger partial charge is 0.494 e. The van der Waals surface area contributed by atoms with Gasteiger partial charge in [-0.1, -0.05) is 19.4 Å². The minimum absolute atomic E-state index is 0.787. The van der Waals surface area contributed by atoms with Crippen LogP contribution in [0.15, 0.2) is 18.2 Å². The van der Waals surface area contributed by atoms with Crippen LogP contribution in [0.4, 0.5) is 5.69 Å². The maximum atomic E-state index is 6.12. The van der Waals surface area contributed by atoms with Gasteiger partial charge in [0, 0.05) is 16.8 Å². The molecule has 1 aromatic heterocycles. The number of aryl methyl sites for hydroxylation is 2. The van der Waals surface area contributed by atoms with Gasteiger partial charge in [-0.25, -0.2) is 4.98 Å². The van der Waals surface area contributed by atoms with E-state index in [1.807, 2.05) is 25.1 Å². The summed E-state index contributed by atoms with van der Waals surface area (Å²) >= 11 is 0. The van der Waals surface area contributed by atoms with Crippen molar-refractivity contribution in [1.29, 1.82) is 0 Å². The standard InChI is InChI=1S/C14H18N2O/c1-4-5-10-8-11(15)13-9(2)6-7-12(17-3)14(13)16-10/h6-8H,4-5H2,1-3H3,(H2,15,16). The minimum Gasteiger partial charge on any atom is -0.494 e. The molecule has 0 amide bonds. The fraction of sp³-hybridized carbons (Fsp3) is 0.357.